The van der Waals surface area contributed by atoms with Gasteiger partial charge in [0.25, 0.3) is 15.9 Å². The van der Waals surface area contributed by atoms with E-state index in [1.165, 1.54) is 19.1 Å². The van der Waals surface area contributed by atoms with Gasteiger partial charge in [-0.25, -0.2) is 13.1 Å². The molecule has 1 heterocycles. The number of sulfonamides is 1. The molecule has 1 unspecified atom stereocenters. The minimum Gasteiger partial charge on any atom is -0.384 e. The summed E-state index contributed by atoms with van der Waals surface area (Å²) in [7, 11) is -4.06. The molecule has 0 aliphatic rings. The Morgan fingerprint density at radius 2 is 1.70 bits per heavy atom. The van der Waals surface area contributed by atoms with Crippen molar-refractivity contribution in [1.82, 2.24) is 9.88 Å². The summed E-state index contributed by atoms with van der Waals surface area (Å²) < 4.78 is 31.6. The molecule has 1 atom stereocenters. The van der Waals surface area contributed by atoms with Gasteiger partial charge in [-0.1, -0.05) is 47.6 Å². The first-order chi connectivity index (χ1) is 12.8. The van der Waals surface area contributed by atoms with E-state index < -0.39 is 22.0 Å². The van der Waals surface area contributed by atoms with Crippen LogP contribution in [0.1, 0.15) is 12.7 Å². The van der Waals surface area contributed by atoms with Crippen molar-refractivity contribution in [3.8, 4) is 22.4 Å². The normalized spacial score (nSPS) is 12.6. The van der Waals surface area contributed by atoms with Crippen LogP contribution in [0.15, 0.2) is 64.0 Å². The fraction of sp³-hybridized carbons (Fsp3) is 0.158. The summed E-state index contributed by atoms with van der Waals surface area (Å²) in [6.07, 6.45) is -1.42. The number of carbonyl (C=O) groups is 1. The van der Waals surface area contributed by atoms with Crippen molar-refractivity contribution in [1.29, 1.82) is 0 Å². The number of carbonyl (C=O) groups excluding carboxylic acids is 1. The highest BCUT2D eigenvalue weighted by Crippen LogP contribution is 2.34. The summed E-state index contributed by atoms with van der Waals surface area (Å²) >= 11 is 0. The van der Waals surface area contributed by atoms with Crippen molar-refractivity contribution in [3.05, 3.63) is 60.4 Å². The summed E-state index contributed by atoms with van der Waals surface area (Å²) in [5.74, 6) is -0.382. The van der Waals surface area contributed by atoms with Gasteiger partial charge in [-0.3, -0.25) is 4.79 Å². The SMILES string of the molecule is Cc1onc(-c2ccccc2)c1-c1ccc(S(=O)(=O)NC(=O)C(C)O)cc1. The fourth-order valence-corrected chi connectivity index (χ4v) is 3.63. The van der Waals surface area contributed by atoms with Gasteiger partial charge in [0.1, 0.15) is 17.6 Å². The van der Waals surface area contributed by atoms with Crippen LogP contribution in [-0.4, -0.2) is 30.7 Å². The molecule has 0 radical (unpaired) electrons. The number of aromatic nitrogens is 1. The molecule has 3 rings (SSSR count). The molecular formula is C19H18N2O5S. The third kappa shape index (κ3) is 3.91. The van der Waals surface area contributed by atoms with Gasteiger partial charge in [-0.2, -0.15) is 0 Å². The van der Waals surface area contributed by atoms with Crippen LogP contribution in [0, 0.1) is 6.92 Å². The number of amides is 1. The standard InChI is InChI=1S/C19H18N2O5S/c1-12(22)19(23)21-27(24,25)16-10-8-14(9-11-16)17-13(2)26-20-18(17)15-6-4-3-5-7-15/h3-12,22H,1-2H3,(H,21,23). The fourth-order valence-electron chi connectivity index (χ4n) is 2.58. The van der Waals surface area contributed by atoms with Crippen molar-refractivity contribution in [2.45, 2.75) is 24.8 Å². The van der Waals surface area contributed by atoms with Gasteiger partial charge in [-0.05, 0) is 31.5 Å². The smallest absolute Gasteiger partial charge is 0.264 e. The lowest BCUT2D eigenvalue weighted by atomic mass is 10.00. The third-order valence-corrected chi connectivity index (χ3v) is 5.34. The van der Waals surface area contributed by atoms with E-state index in [-0.39, 0.29) is 4.90 Å². The summed E-state index contributed by atoms with van der Waals surface area (Å²) in [5.41, 5.74) is 3.03. The molecule has 7 nitrogen and oxygen atoms in total. The summed E-state index contributed by atoms with van der Waals surface area (Å²) in [6, 6.07) is 15.5. The Labute approximate surface area is 156 Å². The second kappa shape index (κ2) is 7.34. The maximum atomic E-state index is 12.2. The molecule has 0 fully saturated rings. The van der Waals surface area contributed by atoms with E-state index in [2.05, 4.69) is 5.16 Å². The Morgan fingerprint density at radius 3 is 2.30 bits per heavy atom. The lowest BCUT2D eigenvalue weighted by molar-refractivity contribution is -0.126. The van der Waals surface area contributed by atoms with Crippen molar-refractivity contribution in [3.63, 3.8) is 0 Å². The third-order valence-electron chi connectivity index (χ3n) is 3.98. The van der Waals surface area contributed by atoms with Gasteiger partial charge in [-0.15, -0.1) is 0 Å². The molecule has 140 valence electrons. The molecule has 0 spiro atoms. The van der Waals surface area contributed by atoms with E-state index in [9.17, 15) is 18.3 Å². The first-order valence-corrected chi connectivity index (χ1v) is 9.65. The van der Waals surface area contributed by atoms with Crippen LogP contribution in [-0.2, 0) is 14.8 Å². The van der Waals surface area contributed by atoms with Gasteiger partial charge >= 0.3 is 0 Å². The highest BCUT2D eigenvalue weighted by atomic mass is 32.2. The van der Waals surface area contributed by atoms with E-state index in [1.807, 2.05) is 35.1 Å². The average molecular weight is 386 g/mol. The second-order valence-corrected chi connectivity index (χ2v) is 7.68. The number of aryl methyl sites for hydroxylation is 1. The summed E-state index contributed by atoms with van der Waals surface area (Å²) in [5, 5.41) is 13.3. The van der Waals surface area contributed by atoms with Crippen LogP contribution in [0.2, 0.25) is 0 Å². The largest absolute Gasteiger partial charge is 0.384 e. The molecular weight excluding hydrogens is 368 g/mol. The zero-order valence-electron chi connectivity index (χ0n) is 14.7. The summed E-state index contributed by atoms with van der Waals surface area (Å²) in [6.45, 7) is 2.97. The van der Waals surface area contributed by atoms with Crippen LogP contribution in [0.3, 0.4) is 0 Å². The van der Waals surface area contributed by atoms with Crippen LogP contribution >= 0.6 is 0 Å². The Morgan fingerprint density at radius 1 is 1.07 bits per heavy atom. The maximum absolute atomic E-state index is 12.2. The molecule has 0 bridgehead atoms. The lowest BCUT2D eigenvalue weighted by Crippen LogP contribution is -2.37. The summed E-state index contributed by atoms with van der Waals surface area (Å²) in [4.78, 5) is 11.4. The molecule has 27 heavy (non-hydrogen) atoms. The molecule has 3 aromatic rings. The molecule has 0 saturated heterocycles. The monoisotopic (exact) mass is 386 g/mol. The zero-order chi connectivity index (χ0) is 19.6. The van der Waals surface area contributed by atoms with Crippen molar-refractivity contribution in [2.75, 3.05) is 0 Å². The minimum atomic E-state index is -4.06. The minimum absolute atomic E-state index is 0.0874. The molecule has 2 N–H and O–H groups in total. The number of aliphatic hydroxyl groups excluding tert-OH is 1. The van der Waals surface area contributed by atoms with Crippen LogP contribution in [0.4, 0.5) is 0 Å². The number of nitrogens with one attached hydrogen (secondary N) is 1. The molecule has 0 saturated carbocycles. The van der Waals surface area contributed by atoms with Gasteiger partial charge in [0.05, 0.1) is 10.5 Å². The van der Waals surface area contributed by atoms with E-state index >= 15 is 0 Å². The lowest BCUT2D eigenvalue weighted by Gasteiger charge is -2.09. The van der Waals surface area contributed by atoms with E-state index in [0.717, 1.165) is 16.7 Å². The topological polar surface area (TPSA) is 110 Å². The highest BCUT2D eigenvalue weighted by Gasteiger charge is 2.21. The van der Waals surface area contributed by atoms with E-state index in [4.69, 9.17) is 4.52 Å². The van der Waals surface area contributed by atoms with Crippen molar-refractivity contribution < 1.29 is 22.8 Å². The predicted octanol–water partition coefficient (Wildman–Crippen LogP) is 2.50. The molecule has 0 aliphatic carbocycles. The molecule has 0 aliphatic heterocycles. The number of hydrogen-bond donors (Lipinski definition) is 2. The zero-order valence-corrected chi connectivity index (χ0v) is 15.5. The molecule has 2 aromatic carbocycles. The Balaban J connectivity index is 1.96. The van der Waals surface area contributed by atoms with Crippen molar-refractivity contribution >= 4 is 15.9 Å². The molecule has 1 amide bonds. The second-order valence-electron chi connectivity index (χ2n) is 6.00. The molecule has 8 heteroatoms. The van der Waals surface area contributed by atoms with Gasteiger partial charge in [0.15, 0.2) is 0 Å². The number of nitrogens with zero attached hydrogens (tertiary/aromatic N) is 1. The van der Waals surface area contributed by atoms with Gasteiger partial charge in [0.2, 0.25) is 0 Å². The van der Waals surface area contributed by atoms with Gasteiger partial charge in [0, 0.05) is 5.56 Å². The van der Waals surface area contributed by atoms with E-state index in [1.54, 1.807) is 19.1 Å². The van der Waals surface area contributed by atoms with Crippen LogP contribution in [0.25, 0.3) is 22.4 Å². The quantitative estimate of drug-likeness (QED) is 0.697. The number of rotatable bonds is 5. The Bertz CT molecular complexity index is 1060. The van der Waals surface area contributed by atoms with E-state index in [0.29, 0.717) is 11.5 Å². The Kier molecular flexibility index (Phi) is 5.11. The first-order valence-electron chi connectivity index (χ1n) is 8.16. The first kappa shape index (κ1) is 18.8. The number of aliphatic hydroxyl groups is 1. The Hall–Kier alpha value is -2.97. The number of hydrogen-bond acceptors (Lipinski definition) is 6. The van der Waals surface area contributed by atoms with Gasteiger partial charge < -0.3 is 9.63 Å². The van der Waals surface area contributed by atoms with Crippen LogP contribution in [0.5, 0.6) is 0 Å². The molecule has 1 aromatic heterocycles. The predicted molar refractivity (Wildman–Crippen MR) is 99.1 cm³/mol. The highest BCUT2D eigenvalue weighted by molar-refractivity contribution is 7.90. The number of benzene rings is 2. The van der Waals surface area contributed by atoms with Crippen LogP contribution < -0.4 is 4.72 Å². The van der Waals surface area contributed by atoms with Crippen molar-refractivity contribution in [2.24, 2.45) is 0 Å². The maximum Gasteiger partial charge on any atom is 0.264 e. The average Bonchev–Trinajstić information content (AvgIpc) is 3.03.